The van der Waals surface area contributed by atoms with Crippen LogP contribution in [0.3, 0.4) is 0 Å². The van der Waals surface area contributed by atoms with Gasteiger partial charge in [-0.1, -0.05) is 25.3 Å². The van der Waals surface area contributed by atoms with E-state index in [9.17, 15) is 4.79 Å². The SMILES string of the molecule is CN(C)c1cccc(C(=O)N(CCCl)C2CCCCC2)c1. The first-order valence-electron chi connectivity index (χ1n) is 7.78. The van der Waals surface area contributed by atoms with E-state index >= 15 is 0 Å². The molecule has 0 radical (unpaired) electrons. The van der Waals surface area contributed by atoms with Crippen molar-refractivity contribution in [2.75, 3.05) is 31.4 Å². The van der Waals surface area contributed by atoms with Crippen molar-refractivity contribution in [1.82, 2.24) is 4.90 Å². The second kappa shape index (κ2) is 7.69. The van der Waals surface area contributed by atoms with E-state index in [1.54, 1.807) is 0 Å². The number of carbonyl (C=O) groups excluding carboxylic acids is 1. The molecule has 4 heteroatoms. The molecular weight excluding hydrogens is 284 g/mol. The van der Waals surface area contributed by atoms with Crippen molar-refractivity contribution in [3.63, 3.8) is 0 Å². The van der Waals surface area contributed by atoms with Crippen molar-refractivity contribution in [2.24, 2.45) is 0 Å². The monoisotopic (exact) mass is 308 g/mol. The maximum atomic E-state index is 12.9. The molecule has 0 aliphatic heterocycles. The van der Waals surface area contributed by atoms with Crippen LogP contribution in [0, 0.1) is 0 Å². The molecule has 3 nitrogen and oxygen atoms in total. The highest BCUT2D eigenvalue weighted by atomic mass is 35.5. The zero-order valence-electron chi connectivity index (χ0n) is 13.0. The second-order valence-electron chi connectivity index (χ2n) is 5.92. The van der Waals surface area contributed by atoms with E-state index < -0.39 is 0 Å². The Hall–Kier alpha value is -1.22. The largest absolute Gasteiger partial charge is 0.378 e. The quantitative estimate of drug-likeness (QED) is 0.773. The fourth-order valence-corrected chi connectivity index (χ4v) is 3.20. The first-order valence-corrected chi connectivity index (χ1v) is 8.31. The molecule has 0 unspecified atom stereocenters. The number of hydrogen-bond donors (Lipinski definition) is 0. The molecule has 1 aliphatic rings. The molecular formula is C17H25ClN2O. The van der Waals surface area contributed by atoms with Gasteiger partial charge in [0.25, 0.3) is 5.91 Å². The standard InChI is InChI=1S/C17H25ClN2O/c1-19(2)16-10-6-7-14(13-16)17(21)20(12-11-18)15-8-4-3-5-9-15/h6-7,10,13,15H,3-5,8-9,11-12H2,1-2H3. The first-order chi connectivity index (χ1) is 10.1. The van der Waals surface area contributed by atoms with Crippen molar-refractivity contribution >= 4 is 23.2 Å². The van der Waals surface area contributed by atoms with Crippen LogP contribution in [0.1, 0.15) is 42.5 Å². The first kappa shape index (κ1) is 16.2. The lowest BCUT2D eigenvalue weighted by molar-refractivity contribution is 0.0650. The Balaban J connectivity index is 2.19. The van der Waals surface area contributed by atoms with Gasteiger partial charge in [-0.05, 0) is 31.0 Å². The number of carbonyl (C=O) groups is 1. The molecule has 0 saturated heterocycles. The van der Waals surface area contributed by atoms with Gasteiger partial charge in [0.1, 0.15) is 0 Å². The minimum atomic E-state index is 0.117. The molecule has 116 valence electrons. The molecule has 2 rings (SSSR count). The van der Waals surface area contributed by atoms with Crippen LogP contribution >= 0.6 is 11.6 Å². The number of nitrogens with zero attached hydrogens (tertiary/aromatic N) is 2. The smallest absolute Gasteiger partial charge is 0.254 e. The van der Waals surface area contributed by atoms with Gasteiger partial charge in [-0.15, -0.1) is 11.6 Å². The second-order valence-corrected chi connectivity index (χ2v) is 6.30. The summed E-state index contributed by atoms with van der Waals surface area (Å²) in [6.45, 7) is 0.636. The van der Waals surface area contributed by atoms with Crippen LogP contribution in [0.5, 0.6) is 0 Å². The van der Waals surface area contributed by atoms with Gasteiger partial charge in [0.15, 0.2) is 0 Å². The molecule has 0 N–H and O–H groups in total. The average molecular weight is 309 g/mol. The number of hydrogen-bond acceptors (Lipinski definition) is 2. The molecule has 0 heterocycles. The maximum Gasteiger partial charge on any atom is 0.254 e. The van der Waals surface area contributed by atoms with Crippen molar-refractivity contribution in [3.8, 4) is 0 Å². The van der Waals surface area contributed by atoms with E-state index in [1.807, 2.05) is 48.2 Å². The molecule has 1 saturated carbocycles. The highest BCUT2D eigenvalue weighted by Gasteiger charge is 2.25. The lowest BCUT2D eigenvalue weighted by atomic mass is 9.93. The van der Waals surface area contributed by atoms with Crippen LogP contribution < -0.4 is 4.90 Å². The van der Waals surface area contributed by atoms with Crippen LogP contribution in [0.25, 0.3) is 0 Å². The Kier molecular flexibility index (Phi) is 5.92. The Morgan fingerprint density at radius 1 is 1.24 bits per heavy atom. The van der Waals surface area contributed by atoms with Gasteiger partial charge in [0.05, 0.1) is 0 Å². The van der Waals surface area contributed by atoms with E-state index in [1.165, 1.54) is 19.3 Å². The van der Waals surface area contributed by atoms with Crippen molar-refractivity contribution in [2.45, 2.75) is 38.1 Å². The van der Waals surface area contributed by atoms with Gasteiger partial charge >= 0.3 is 0 Å². The van der Waals surface area contributed by atoms with Gasteiger partial charge in [0.2, 0.25) is 0 Å². The number of anilines is 1. The van der Waals surface area contributed by atoms with Gasteiger partial charge in [0, 0.05) is 43.8 Å². The zero-order valence-corrected chi connectivity index (χ0v) is 13.8. The number of rotatable bonds is 5. The van der Waals surface area contributed by atoms with Gasteiger partial charge < -0.3 is 9.80 Å². The molecule has 1 aromatic rings. The molecule has 1 aliphatic carbocycles. The molecule has 0 aromatic heterocycles. The van der Waals surface area contributed by atoms with Gasteiger partial charge in [-0.3, -0.25) is 4.79 Å². The average Bonchev–Trinajstić information content (AvgIpc) is 2.53. The summed E-state index contributed by atoms with van der Waals surface area (Å²) in [7, 11) is 3.97. The van der Waals surface area contributed by atoms with Crippen LogP contribution in [0.2, 0.25) is 0 Å². The third-order valence-corrected chi connectivity index (χ3v) is 4.38. The molecule has 1 aromatic carbocycles. The summed E-state index contributed by atoms with van der Waals surface area (Å²) >= 11 is 5.93. The molecule has 21 heavy (non-hydrogen) atoms. The normalized spacial score (nSPS) is 15.8. The minimum absolute atomic E-state index is 0.117. The van der Waals surface area contributed by atoms with E-state index in [4.69, 9.17) is 11.6 Å². The summed E-state index contributed by atoms with van der Waals surface area (Å²) in [5, 5.41) is 0. The van der Waals surface area contributed by atoms with Crippen LogP contribution in [0.4, 0.5) is 5.69 Å². The number of amides is 1. The van der Waals surface area contributed by atoms with Gasteiger partial charge in [-0.25, -0.2) is 0 Å². The number of halogens is 1. The topological polar surface area (TPSA) is 23.6 Å². The lowest BCUT2D eigenvalue weighted by Crippen LogP contribution is -2.42. The van der Waals surface area contributed by atoms with Crippen LogP contribution in [-0.4, -0.2) is 43.4 Å². The Bertz CT molecular complexity index is 470. The minimum Gasteiger partial charge on any atom is -0.378 e. The predicted octanol–water partition coefficient (Wildman–Crippen LogP) is 3.77. The summed E-state index contributed by atoms with van der Waals surface area (Å²) in [4.78, 5) is 16.9. The molecule has 1 fully saturated rings. The lowest BCUT2D eigenvalue weighted by Gasteiger charge is -2.34. The van der Waals surface area contributed by atoms with E-state index in [0.717, 1.165) is 24.1 Å². The summed E-state index contributed by atoms with van der Waals surface area (Å²) in [6.07, 6.45) is 5.93. The van der Waals surface area contributed by atoms with Crippen molar-refractivity contribution < 1.29 is 4.79 Å². The summed E-state index contributed by atoms with van der Waals surface area (Å²) in [5.41, 5.74) is 1.81. The molecule has 1 amide bonds. The zero-order chi connectivity index (χ0) is 15.2. The van der Waals surface area contributed by atoms with Crippen LogP contribution in [-0.2, 0) is 0 Å². The fourth-order valence-electron chi connectivity index (χ4n) is 3.02. The van der Waals surface area contributed by atoms with Crippen LogP contribution in [0.15, 0.2) is 24.3 Å². The van der Waals surface area contributed by atoms with Crippen molar-refractivity contribution in [1.29, 1.82) is 0 Å². The Morgan fingerprint density at radius 2 is 1.95 bits per heavy atom. The number of benzene rings is 1. The molecule has 0 bridgehead atoms. The predicted molar refractivity (Wildman–Crippen MR) is 89.4 cm³/mol. The maximum absolute atomic E-state index is 12.9. The molecule has 0 spiro atoms. The molecule has 0 atom stereocenters. The summed E-state index contributed by atoms with van der Waals surface area (Å²) in [6, 6.07) is 8.19. The van der Waals surface area contributed by atoms with E-state index in [2.05, 4.69) is 0 Å². The van der Waals surface area contributed by atoms with E-state index in [-0.39, 0.29) is 5.91 Å². The third kappa shape index (κ3) is 4.13. The highest BCUT2D eigenvalue weighted by molar-refractivity contribution is 6.18. The number of alkyl halides is 1. The third-order valence-electron chi connectivity index (χ3n) is 4.21. The summed E-state index contributed by atoms with van der Waals surface area (Å²) in [5.74, 6) is 0.613. The fraction of sp³-hybridized carbons (Fsp3) is 0.588. The summed E-state index contributed by atoms with van der Waals surface area (Å²) < 4.78 is 0. The van der Waals surface area contributed by atoms with Crippen molar-refractivity contribution in [3.05, 3.63) is 29.8 Å². The Morgan fingerprint density at radius 3 is 2.57 bits per heavy atom. The van der Waals surface area contributed by atoms with E-state index in [0.29, 0.717) is 18.5 Å². The highest BCUT2D eigenvalue weighted by Crippen LogP contribution is 2.25. The van der Waals surface area contributed by atoms with Gasteiger partial charge in [-0.2, -0.15) is 0 Å². The Labute approximate surface area is 132 Å².